The highest BCUT2D eigenvalue weighted by atomic mass is 32.2. The number of oxime groups is 1. The first kappa shape index (κ1) is 15.4. The number of halogens is 1. The van der Waals surface area contributed by atoms with Gasteiger partial charge in [-0.25, -0.2) is 12.8 Å². The van der Waals surface area contributed by atoms with E-state index in [0.717, 1.165) is 12.3 Å². The maximum absolute atomic E-state index is 13.1. The Balaban J connectivity index is 2.73. The van der Waals surface area contributed by atoms with Crippen LogP contribution in [0.5, 0.6) is 0 Å². The lowest BCUT2D eigenvalue weighted by Gasteiger charge is -2.09. The van der Waals surface area contributed by atoms with Crippen LogP contribution in [0.15, 0.2) is 23.4 Å². The summed E-state index contributed by atoms with van der Waals surface area (Å²) in [5.74, 6) is -0.687. The van der Waals surface area contributed by atoms with Crippen molar-refractivity contribution in [3.63, 3.8) is 0 Å². The lowest BCUT2D eigenvalue weighted by molar-refractivity contribution is 0.318. The number of hydrogen-bond donors (Lipinski definition) is 3. The number of benzene rings is 1. The zero-order valence-electron chi connectivity index (χ0n) is 10.4. The van der Waals surface area contributed by atoms with Gasteiger partial charge in [-0.2, -0.15) is 0 Å². The smallest absolute Gasteiger partial charge is 0.170 e. The number of nitrogens with one attached hydrogen (secondary N) is 1. The number of nitrogens with two attached hydrogens (primary N) is 1. The van der Waals surface area contributed by atoms with Crippen LogP contribution in [0.1, 0.15) is 11.1 Å². The van der Waals surface area contributed by atoms with Crippen LogP contribution in [0.4, 0.5) is 4.39 Å². The van der Waals surface area contributed by atoms with Crippen molar-refractivity contribution in [1.29, 1.82) is 0 Å². The van der Waals surface area contributed by atoms with E-state index in [1.807, 2.05) is 0 Å². The van der Waals surface area contributed by atoms with E-state index in [1.54, 1.807) is 0 Å². The van der Waals surface area contributed by atoms with Gasteiger partial charge in [0.05, 0.1) is 5.75 Å². The third-order valence-electron chi connectivity index (χ3n) is 2.42. The molecular weight excluding hydrogens is 273 g/mol. The highest BCUT2D eigenvalue weighted by Crippen LogP contribution is 2.11. The van der Waals surface area contributed by atoms with Crippen molar-refractivity contribution in [3.05, 3.63) is 35.1 Å². The topological polar surface area (TPSA) is 105 Å². The van der Waals surface area contributed by atoms with Crippen LogP contribution in [0.3, 0.4) is 0 Å². The van der Waals surface area contributed by atoms with Gasteiger partial charge in [0.2, 0.25) is 0 Å². The summed E-state index contributed by atoms with van der Waals surface area (Å²) in [6.07, 6.45) is 1.15. The van der Waals surface area contributed by atoms with Crippen molar-refractivity contribution in [3.8, 4) is 0 Å². The Morgan fingerprint density at radius 1 is 1.53 bits per heavy atom. The van der Waals surface area contributed by atoms with E-state index >= 15 is 0 Å². The molecule has 8 heteroatoms. The first-order chi connectivity index (χ1) is 8.83. The molecule has 0 bridgehead atoms. The maximum atomic E-state index is 13.1. The second-order valence-corrected chi connectivity index (χ2v) is 6.35. The number of hydrogen-bond acceptors (Lipinski definition) is 5. The first-order valence-electron chi connectivity index (χ1n) is 5.48. The van der Waals surface area contributed by atoms with Gasteiger partial charge in [0, 0.05) is 24.9 Å². The molecule has 0 aromatic heterocycles. The Hall–Kier alpha value is -1.67. The summed E-state index contributed by atoms with van der Waals surface area (Å²) in [6, 6.07) is 3.90. The molecule has 19 heavy (non-hydrogen) atoms. The quantitative estimate of drug-likeness (QED) is 0.226. The molecule has 0 aliphatic heterocycles. The second kappa shape index (κ2) is 6.48. The fraction of sp³-hybridized carbons (Fsp3) is 0.364. The minimum atomic E-state index is -3.03. The van der Waals surface area contributed by atoms with Crippen LogP contribution in [0, 0.1) is 5.82 Å². The number of amidine groups is 1. The third kappa shape index (κ3) is 5.23. The minimum Gasteiger partial charge on any atom is -0.409 e. The van der Waals surface area contributed by atoms with E-state index < -0.39 is 15.7 Å². The van der Waals surface area contributed by atoms with Crippen molar-refractivity contribution < 1.29 is 18.0 Å². The van der Waals surface area contributed by atoms with Gasteiger partial charge in [0.25, 0.3) is 0 Å². The van der Waals surface area contributed by atoms with Gasteiger partial charge < -0.3 is 16.3 Å². The zero-order chi connectivity index (χ0) is 14.5. The van der Waals surface area contributed by atoms with E-state index in [4.69, 9.17) is 10.9 Å². The lowest BCUT2D eigenvalue weighted by atomic mass is 10.1. The monoisotopic (exact) mass is 289 g/mol. The Morgan fingerprint density at radius 3 is 2.79 bits per heavy atom. The maximum Gasteiger partial charge on any atom is 0.170 e. The van der Waals surface area contributed by atoms with Crippen molar-refractivity contribution in [1.82, 2.24) is 5.32 Å². The van der Waals surface area contributed by atoms with Gasteiger partial charge in [-0.15, -0.1) is 0 Å². The third-order valence-corrected chi connectivity index (χ3v) is 3.37. The molecule has 1 aromatic rings. The van der Waals surface area contributed by atoms with Crippen molar-refractivity contribution in [2.24, 2.45) is 10.9 Å². The highest BCUT2D eigenvalue weighted by Gasteiger charge is 2.09. The largest absolute Gasteiger partial charge is 0.409 e. The van der Waals surface area contributed by atoms with E-state index in [9.17, 15) is 12.8 Å². The van der Waals surface area contributed by atoms with Crippen LogP contribution >= 0.6 is 0 Å². The molecule has 0 saturated carbocycles. The van der Waals surface area contributed by atoms with Crippen LogP contribution in [-0.4, -0.2) is 38.0 Å². The number of rotatable bonds is 6. The molecule has 1 aromatic carbocycles. The lowest BCUT2D eigenvalue weighted by Crippen LogP contribution is -2.24. The Labute approximate surface area is 111 Å². The molecule has 0 spiro atoms. The van der Waals surface area contributed by atoms with Crippen molar-refractivity contribution in [2.75, 3.05) is 18.6 Å². The Kier molecular flexibility index (Phi) is 5.25. The predicted molar refractivity (Wildman–Crippen MR) is 70.3 cm³/mol. The average Bonchev–Trinajstić information content (AvgIpc) is 2.33. The first-order valence-corrected chi connectivity index (χ1v) is 7.54. The van der Waals surface area contributed by atoms with Gasteiger partial charge in [-0.05, 0) is 17.7 Å². The molecule has 0 heterocycles. The Morgan fingerprint density at radius 2 is 2.21 bits per heavy atom. The van der Waals surface area contributed by atoms with Gasteiger partial charge >= 0.3 is 0 Å². The van der Waals surface area contributed by atoms with E-state index in [2.05, 4.69) is 10.5 Å². The molecule has 0 saturated heterocycles. The van der Waals surface area contributed by atoms with Crippen molar-refractivity contribution >= 4 is 15.7 Å². The van der Waals surface area contributed by atoms with E-state index in [0.29, 0.717) is 12.1 Å². The summed E-state index contributed by atoms with van der Waals surface area (Å²) in [6.45, 7) is 0.563. The van der Waals surface area contributed by atoms with Gasteiger partial charge in [0.1, 0.15) is 15.7 Å². The van der Waals surface area contributed by atoms with Crippen LogP contribution < -0.4 is 11.1 Å². The molecule has 6 nitrogen and oxygen atoms in total. The molecule has 0 unspecified atom stereocenters. The van der Waals surface area contributed by atoms with Crippen LogP contribution in [0.25, 0.3) is 0 Å². The number of nitrogens with zero attached hydrogens (tertiary/aromatic N) is 1. The van der Waals surface area contributed by atoms with Crippen LogP contribution in [-0.2, 0) is 16.4 Å². The summed E-state index contributed by atoms with van der Waals surface area (Å²) >= 11 is 0. The molecule has 0 amide bonds. The predicted octanol–water partition coefficient (Wildman–Crippen LogP) is 0.0544. The summed E-state index contributed by atoms with van der Waals surface area (Å²) in [5.41, 5.74) is 6.34. The Bertz CT molecular complexity index is 573. The second-order valence-electron chi connectivity index (χ2n) is 4.09. The van der Waals surface area contributed by atoms with Gasteiger partial charge in [-0.3, -0.25) is 0 Å². The summed E-state index contributed by atoms with van der Waals surface area (Å²) < 4.78 is 35.0. The summed E-state index contributed by atoms with van der Waals surface area (Å²) in [5, 5.41) is 14.4. The molecule has 1 rings (SSSR count). The van der Waals surface area contributed by atoms with Gasteiger partial charge in [0.15, 0.2) is 5.84 Å². The molecule has 0 aliphatic rings. The zero-order valence-corrected chi connectivity index (χ0v) is 11.2. The van der Waals surface area contributed by atoms with E-state index in [-0.39, 0.29) is 23.7 Å². The highest BCUT2D eigenvalue weighted by molar-refractivity contribution is 7.90. The normalized spacial score (nSPS) is 12.6. The SMILES string of the molecule is CS(=O)(=O)CCNCc1ccc(F)cc1C(N)=NO. The minimum absolute atomic E-state index is 0.00704. The van der Waals surface area contributed by atoms with E-state index in [1.165, 1.54) is 12.1 Å². The molecule has 0 atom stereocenters. The molecule has 0 radical (unpaired) electrons. The standard InChI is InChI=1S/C11H16FN3O3S/c1-19(17,18)5-4-14-7-8-2-3-9(12)6-10(8)11(13)15-16/h2-3,6,14,16H,4-5,7H2,1H3,(H2,13,15). The summed E-state index contributed by atoms with van der Waals surface area (Å²) in [7, 11) is -3.03. The van der Waals surface area contributed by atoms with Crippen LogP contribution in [0.2, 0.25) is 0 Å². The molecular formula is C11H16FN3O3S. The number of sulfone groups is 1. The van der Waals surface area contributed by atoms with Crippen molar-refractivity contribution in [2.45, 2.75) is 6.54 Å². The fourth-order valence-corrected chi connectivity index (χ4v) is 1.99. The molecule has 0 aliphatic carbocycles. The molecule has 106 valence electrons. The van der Waals surface area contributed by atoms with Gasteiger partial charge in [-0.1, -0.05) is 11.2 Å². The summed E-state index contributed by atoms with van der Waals surface area (Å²) in [4.78, 5) is 0. The fourth-order valence-electron chi connectivity index (χ4n) is 1.48. The average molecular weight is 289 g/mol. The molecule has 4 N–H and O–H groups in total. The molecule has 0 fully saturated rings.